The van der Waals surface area contributed by atoms with Crippen LogP contribution < -0.4 is 10.6 Å². The molecule has 2 heterocycles. The number of hydrogen-bond donors (Lipinski definition) is 2. The molecule has 0 bridgehead atoms. The fourth-order valence-electron chi connectivity index (χ4n) is 2.43. The summed E-state index contributed by atoms with van der Waals surface area (Å²) < 4.78 is 1.87. The lowest BCUT2D eigenvalue weighted by Gasteiger charge is -2.08. The van der Waals surface area contributed by atoms with Crippen LogP contribution in [0.15, 0.2) is 59.3 Å². The van der Waals surface area contributed by atoms with Crippen molar-refractivity contribution in [2.24, 2.45) is 7.05 Å². The lowest BCUT2D eigenvalue weighted by molar-refractivity contribution is -0.113. The summed E-state index contributed by atoms with van der Waals surface area (Å²) in [6, 6.07) is 11.1. The van der Waals surface area contributed by atoms with Gasteiger partial charge in [-0.3, -0.25) is 9.59 Å². The summed E-state index contributed by atoms with van der Waals surface area (Å²) in [6.07, 6.45) is 3.54. The van der Waals surface area contributed by atoms with Gasteiger partial charge in [0.1, 0.15) is 0 Å². The van der Waals surface area contributed by atoms with Crippen LogP contribution in [0.5, 0.6) is 0 Å². The van der Waals surface area contributed by atoms with Crippen molar-refractivity contribution in [1.82, 2.24) is 14.9 Å². The Morgan fingerprint density at radius 1 is 1.21 bits per heavy atom. The van der Waals surface area contributed by atoms with Crippen molar-refractivity contribution < 1.29 is 9.59 Å². The molecule has 3 rings (SSSR count). The van der Waals surface area contributed by atoms with Gasteiger partial charge >= 0.3 is 0 Å². The van der Waals surface area contributed by atoms with Crippen LogP contribution >= 0.6 is 34.9 Å². The smallest absolute Gasteiger partial charge is 0.251 e. The van der Waals surface area contributed by atoms with E-state index in [2.05, 4.69) is 27.1 Å². The third-order valence-corrected chi connectivity index (χ3v) is 7.02. The number of amides is 2. The molecule has 6 nitrogen and oxygen atoms in total. The zero-order chi connectivity index (χ0) is 20.5. The van der Waals surface area contributed by atoms with Gasteiger partial charge in [-0.1, -0.05) is 17.8 Å². The number of aromatic nitrogens is 2. The molecule has 152 valence electrons. The molecule has 0 unspecified atom stereocenters. The third-order valence-electron chi connectivity index (χ3n) is 3.90. The quantitative estimate of drug-likeness (QED) is 0.365. The molecule has 0 saturated carbocycles. The molecule has 0 fully saturated rings. The number of benzene rings is 1. The van der Waals surface area contributed by atoms with Gasteiger partial charge in [-0.2, -0.15) is 11.8 Å². The van der Waals surface area contributed by atoms with Crippen LogP contribution in [0.2, 0.25) is 0 Å². The predicted octanol–water partition coefficient (Wildman–Crippen LogP) is 3.88. The molecule has 0 aliphatic heterocycles. The molecular formula is C20H22N4O2S3. The van der Waals surface area contributed by atoms with Crippen LogP contribution in [0.1, 0.15) is 15.2 Å². The molecule has 2 aromatic heterocycles. The van der Waals surface area contributed by atoms with Gasteiger partial charge in [0.05, 0.1) is 5.75 Å². The summed E-state index contributed by atoms with van der Waals surface area (Å²) in [7, 11) is 1.89. The first kappa shape index (κ1) is 21.5. The van der Waals surface area contributed by atoms with Crippen LogP contribution in [0.3, 0.4) is 0 Å². The molecule has 0 atom stereocenters. The highest BCUT2D eigenvalue weighted by molar-refractivity contribution is 7.99. The Morgan fingerprint density at radius 2 is 2.03 bits per heavy atom. The van der Waals surface area contributed by atoms with Gasteiger partial charge in [-0.05, 0) is 35.7 Å². The first-order valence-electron chi connectivity index (χ1n) is 9.00. The average molecular weight is 447 g/mol. The lowest BCUT2D eigenvalue weighted by atomic mass is 10.2. The highest BCUT2D eigenvalue weighted by Crippen LogP contribution is 2.17. The second kappa shape index (κ2) is 11.1. The predicted molar refractivity (Wildman–Crippen MR) is 122 cm³/mol. The van der Waals surface area contributed by atoms with Gasteiger partial charge in [-0.25, -0.2) is 4.98 Å². The number of thiophene rings is 1. The minimum atomic E-state index is -0.113. The topological polar surface area (TPSA) is 76.0 Å². The van der Waals surface area contributed by atoms with Crippen molar-refractivity contribution >= 4 is 52.4 Å². The van der Waals surface area contributed by atoms with E-state index in [1.807, 2.05) is 23.9 Å². The molecule has 1 aromatic carbocycles. The molecule has 0 spiro atoms. The van der Waals surface area contributed by atoms with E-state index in [9.17, 15) is 9.59 Å². The van der Waals surface area contributed by atoms with E-state index in [1.165, 1.54) is 16.6 Å². The zero-order valence-corrected chi connectivity index (χ0v) is 18.4. The van der Waals surface area contributed by atoms with E-state index in [4.69, 9.17) is 0 Å². The summed E-state index contributed by atoms with van der Waals surface area (Å²) in [4.78, 5) is 29.8. The molecule has 2 N–H and O–H groups in total. The Kier molecular flexibility index (Phi) is 8.21. The zero-order valence-electron chi connectivity index (χ0n) is 16.0. The molecule has 3 aromatic rings. The maximum Gasteiger partial charge on any atom is 0.251 e. The summed E-state index contributed by atoms with van der Waals surface area (Å²) in [5.41, 5.74) is 1.24. The molecule has 9 heteroatoms. The van der Waals surface area contributed by atoms with Crippen molar-refractivity contribution in [3.8, 4) is 0 Å². The molecule has 29 heavy (non-hydrogen) atoms. The van der Waals surface area contributed by atoms with Crippen LogP contribution in [0.4, 0.5) is 5.69 Å². The number of anilines is 1. The fourth-order valence-corrected chi connectivity index (χ4v) is 4.86. The highest BCUT2D eigenvalue weighted by Gasteiger charge is 2.08. The van der Waals surface area contributed by atoms with E-state index in [0.29, 0.717) is 17.8 Å². The van der Waals surface area contributed by atoms with Crippen molar-refractivity contribution in [2.45, 2.75) is 10.9 Å². The van der Waals surface area contributed by atoms with Crippen LogP contribution in [-0.4, -0.2) is 39.4 Å². The van der Waals surface area contributed by atoms with E-state index < -0.39 is 0 Å². The van der Waals surface area contributed by atoms with Gasteiger partial charge in [0.25, 0.3) is 5.91 Å². The van der Waals surface area contributed by atoms with Gasteiger partial charge in [0, 0.05) is 53.6 Å². The van der Waals surface area contributed by atoms with Crippen LogP contribution in [0.25, 0.3) is 0 Å². The van der Waals surface area contributed by atoms with Gasteiger partial charge in [-0.15, -0.1) is 11.3 Å². The number of carbonyl (C=O) groups excluding carboxylic acids is 2. The fraction of sp³-hybridized carbons (Fsp3) is 0.250. The van der Waals surface area contributed by atoms with E-state index in [0.717, 1.165) is 16.7 Å². The number of nitrogens with one attached hydrogen (secondary N) is 2. The highest BCUT2D eigenvalue weighted by atomic mass is 32.2. The number of nitrogens with zero attached hydrogens (tertiary/aromatic N) is 2. The van der Waals surface area contributed by atoms with Gasteiger partial charge in [0.15, 0.2) is 5.16 Å². The maximum atomic E-state index is 12.2. The summed E-state index contributed by atoms with van der Waals surface area (Å²) in [6.45, 7) is 0.623. The SMILES string of the molecule is Cn1ccnc1SCC(=O)Nc1ccc(C(=O)NCCSCc2cccs2)cc1. The van der Waals surface area contributed by atoms with E-state index >= 15 is 0 Å². The Hall–Kier alpha value is -2.23. The first-order chi connectivity index (χ1) is 14.1. The molecular weight excluding hydrogens is 424 g/mol. The maximum absolute atomic E-state index is 12.2. The number of imidazole rings is 1. The van der Waals surface area contributed by atoms with Crippen LogP contribution in [-0.2, 0) is 17.6 Å². The van der Waals surface area contributed by atoms with E-state index in [-0.39, 0.29) is 17.6 Å². The minimum Gasteiger partial charge on any atom is -0.351 e. The van der Waals surface area contributed by atoms with Crippen LogP contribution in [0, 0.1) is 0 Å². The lowest BCUT2D eigenvalue weighted by Crippen LogP contribution is -2.25. The van der Waals surface area contributed by atoms with E-state index in [1.54, 1.807) is 53.6 Å². The average Bonchev–Trinajstić information content (AvgIpc) is 3.38. The second-order valence-electron chi connectivity index (χ2n) is 6.12. The normalized spacial score (nSPS) is 10.7. The van der Waals surface area contributed by atoms with Gasteiger partial charge in [0.2, 0.25) is 5.91 Å². The molecule has 0 saturated heterocycles. The number of thioether (sulfide) groups is 2. The Labute approximate surface area is 182 Å². The summed E-state index contributed by atoms with van der Waals surface area (Å²) >= 11 is 4.93. The minimum absolute atomic E-state index is 0.107. The molecule has 0 radical (unpaired) electrons. The van der Waals surface area contributed by atoms with Crippen molar-refractivity contribution in [1.29, 1.82) is 0 Å². The monoisotopic (exact) mass is 446 g/mol. The Balaban J connectivity index is 1.36. The number of aryl methyl sites for hydroxylation is 1. The first-order valence-corrected chi connectivity index (χ1v) is 12.0. The summed E-state index contributed by atoms with van der Waals surface area (Å²) in [5, 5.41) is 8.62. The molecule has 2 amide bonds. The third kappa shape index (κ3) is 6.95. The van der Waals surface area contributed by atoms with Crippen molar-refractivity contribution in [3.05, 3.63) is 64.6 Å². The number of rotatable bonds is 10. The van der Waals surface area contributed by atoms with Gasteiger partial charge < -0.3 is 15.2 Å². The molecule has 0 aliphatic carbocycles. The standard InChI is InChI=1S/C20H22N4O2S3/c1-24-10-8-22-20(24)29-14-18(25)23-16-6-4-15(5-7-16)19(26)21-9-12-27-13-17-3-2-11-28-17/h2-8,10-11H,9,12-14H2,1H3,(H,21,26)(H,23,25). The Morgan fingerprint density at radius 3 is 2.72 bits per heavy atom. The van der Waals surface area contributed by atoms with Crippen molar-refractivity contribution in [2.75, 3.05) is 23.4 Å². The Bertz CT molecular complexity index is 924. The number of hydrogen-bond acceptors (Lipinski definition) is 6. The molecule has 0 aliphatic rings. The second-order valence-corrected chi connectivity index (χ2v) is 9.20. The van der Waals surface area contributed by atoms with Crippen molar-refractivity contribution in [3.63, 3.8) is 0 Å². The largest absolute Gasteiger partial charge is 0.351 e. The number of carbonyl (C=O) groups is 2. The summed E-state index contributed by atoms with van der Waals surface area (Å²) in [5.74, 6) is 1.89.